The third-order valence-corrected chi connectivity index (χ3v) is 5.91. The van der Waals surface area contributed by atoms with Gasteiger partial charge in [-0.15, -0.1) is 0 Å². The van der Waals surface area contributed by atoms with E-state index in [-0.39, 0.29) is 17.6 Å². The molecule has 0 radical (unpaired) electrons. The molecule has 0 fully saturated rings. The highest BCUT2D eigenvalue weighted by atomic mass is 127. The van der Waals surface area contributed by atoms with Gasteiger partial charge in [0.15, 0.2) is 5.78 Å². The minimum absolute atomic E-state index is 0.116. The third kappa shape index (κ3) is 3.87. The Hall–Kier alpha value is -1.63. The van der Waals surface area contributed by atoms with Crippen molar-refractivity contribution in [1.82, 2.24) is 5.32 Å². The van der Waals surface area contributed by atoms with Crippen LogP contribution in [0.15, 0.2) is 46.8 Å². The van der Waals surface area contributed by atoms with E-state index >= 15 is 0 Å². The van der Waals surface area contributed by atoms with Crippen molar-refractivity contribution >= 4 is 40.0 Å². The van der Waals surface area contributed by atoms with Gasteiger partial charge in [0, 0.05) is 38.4 Å². The van der Waals surface area contributed by atoms with Crippen LogP contribution in [0.2, 0.25) is 0 Å². The fourth-order valence-electron chi connectivity index (χ4n) is 3.89. The number of carbonyl (C=O) groups excluding carboxylic acids is 2. The summed E-state index contributed by atoms with van der Waals surface area (Å²) < 4.78 is 0.995. The number of halogens is 1. The number of hydrogen-bond acceptors (Lipinski definition) is 3. The van der Waals surface area contributed by atoms with E-state index in [9.17, 15) is 9.59 Å². The smallest absolute Gasteiger partial charge is 0.253 e. The predicted molar refractivity (Wildman–Crippen MR) is 112 cm³/mol. The number of allylic oxidation sites excluding steroid dienone is 3. The number of benzene rings is 1. The van der Waals surface area contributed by atoms with Crippen molar-refractivity contribution in [2.24, 2.45) is 11.8 Å². The lowest BCUT2D eigenvalue weighted by Gasteiger charge is -2.35. The summed E-state index contributed by atoms with van der Waals surface area (Å²) in [6.07, 6.45) is 3.16. The molecule has 5 heteroatoms. The van der Waals surface area contributed by atoms with Crippen molar-refractivity contribution in [3.8, 4) is 0 Å². The molecule has 1 aromatic rings. The van der Waals surface area contributed by atoms with Gasteiger partial charge in [-0.1, -0.05) is 26.0 Å². The molecule has 1 aromatic carbocycles. The van der Waals surface area contributed by atoms with Crippen molar-refractivity contribution < 1.29 is 9.59 Å². The molecule has 26 heavy (non-hydrogen) atoms. The van der Waals surface area contributed by atoms with Gasteiger partial charge in [0.1, 0.15) is 0 Å². The van der Waals surface area contributed by atoms with E-state index in [4.69, 9.17) is 0 Å². The van der Waals surface area contributed by atoms with Crippen LogP contribution in [-0.4, -0.2) is 11.7 Å². The molecule has 1 heterocycles. The summed E-state index contributed by atoms with van der Waals surface area (Å²) in [5, 5.41) is 6.40. The number of ketones is 1. The summed E-state index contributed by atoms with van der Waals surface area (Å²) >= 11 is 2.22. The average Bonchev–Trinajstić information content (AvgIpc) is 2.56. The van der Waals surface area contributed by atoms with E-state index in [1.165, 1.54) is 0 Å². The molecule has 138 valence electrons. The largest absolute Gasteiger partial charge is 0.362 e. The standard InChI is InChI=1S/C21H25IN2O2/c1-12(2)11-14-19(21(26)24-16-8-5-4-7-15(16)22)13(3)23-17-9-6-10-18(25)20(14)17/h4-5,7-8,12,14,23H,6,9-11H2,1-3H3,(H,24,26). The molecule has 2 aliphatic rings. The maximum Gasteiger partial charge on any atom is 0.253 e. The zero-order valence-corrected chi connectivity index (χ0v) is 17.6. The van der Waals surface area contributed by atoms with Crippen LogP contribution in [0, 0.1) is 15.4 Å². The molecular weight excluding hydrogens is 439 g/mol. The van der Waals surface area contributed by atoms with Gasteiger partial charge in [0.2, 0.25) is 0 Å². The Morgan fingerprint density at radius 3 is 2.73 bits per heavy atom. The van der Waals surface area contributed by atoms with Crippen molar-refractivity contribution in [2.45, 2.75) is 46.5 Å². The van der Waals surface area contributed by atoms with Gasteiger partial charge in [-0.05, 0) is 66.8 Å². The molecule has 0 saturated carbocycles. The first-order valence-electron chi connectivity index (χ1n) is 9.18. The van der Waals surface area contributed by atoms with E-state index in [0.717, 1.165) is 45.5 Å². The van der Waals surface area contributed by atoms with Crippen LogP contribution in [0.1, 0.15) is 46.5 Å². The monoisotopic (exact) mass is 464 g/mol. The number of Topliss-reactive ketones (excluding diaryl/α,β-unsaturated/α-hetero) is 1. The Morgan fingerprint density at radius 2 is 2.04 bits per heavy atom. The summed E-state index contributed by atoms with van der Waals surface area (Å²) in [6, 6.07) is 7.73. The summed E-state index contributed by atoms with van der Waals surface area (Å²) in [5.41, 5.74) is 4.23. The summed E-state index contributed by atoms with van der Waals surface area (Å²) in [4.78, 5) is 25.8. The number of carbonyl (C=O) groups is 2. The van der Waals surface area contributed by atoms with Gasteiger partial charge in [-0.25, -0.2) is 0 Å². The fourth-order valence-corrected chi connectivity index (χ4v) is 4.41. The second kappa shape index (κ2) is 7.94. The maximum absolute atomic E-state index is 13.2. The Morgan fingerprint density at radius 1 is 1.31 bits per heavy atom. The van der Waals surface area contributed by atoms with E-state index in [2.05, 4.69) is 47.1 Å². The van der Waals surface area contributed by atoms with Crippen molar-refractivity contribution in [3.63, 3.8) is 0 Å². The second-order valence-electron chi connectivity index (χ2n) is 7.45. The number of hydrogen-bond donors (Lipinski definition) is 2. The lowest BCUT2D eigenvalue weighted by atomic mass is 9.75. The fraction of sp³-hybridized carbons (Fsp3) is 0.429. The van der Waals surface area contributed by atoms with Crippen LogP contribution < -0.4 is 10.6 Å². The number of rotatable bonds is 4. The zero-order chi connectivity index (χ0) is 18.8. The zero-order valence-electron chi connectivity index (χ0n) is 15.5. The van der Waals surface area contributed by atoms with E-state index in [1.807, 2.05) is 31.2 Å². The van der Waals surface area contributed by atoms with E-state index < -0.39 is 0 Å². The van der Waals surface area contributed by atoms with Gasteiger partial charge < -0.3 is 10.6 Å². The first-order valence-corrected chi connectivity index (χ1v) is 10.3. The highest BCUT2D eigenvalue weighted by molar-refractivity contribution is 14.1. The van der Waals surface area contributed by atoms with Crippen LogP contribution in [0.3, 0.4) is 0 Å². The van der Waals surface area contributed by atoms with Crippen LogP contribution >= 0.6 is 22.6 Å². The lowest BCUT2D eigenvalue weighted by Crippen LogP contribution is -2.37. The Kier molecular flexibility index (Phi) is 5.85. The van der Waals surface area contributed by atoms with Gasteiger partial charge in [0.05, 0.1) is 5.69 Å². The summed E-state index contributed by atoms with van der Waals surface area (Å²) in [6.45, 7) is 6.22. The number of nitrogens with one attached hydrogen (secondary N) is 2. The highest BCUT2D eigenvalue weighted by Crippen LogP contribution is 2.39. The summed E-state index contributed by atoms with van der Waals surface area (Å²) in [5.74, 6) is 0.348. The van der Waals surface area contributed by atoms with E-state index in [0.29, 0.717) is 17.9 Å². The third-order valence-electron chi connectivity index (χ3n) is 4.97. The summed E-state index contributed by atoms with van der Waals surface area (Å²) in [7, 11) is 0. The molecule has 1 aliphatic heterocycles. The number of para-hydroxylation sites is 1. The minimum Gasteiger partial charge on any atom is -0.362 e. The number of anilines is 1. The predicted octanol–water partition coefficient (Wildman–Crippen LogP) is 4.78. The average molecular weight is 464 g/mol. The SMILES string of the molecule is CC1=C(C(=O)Nc2ccccc2I)C(CC(C)C)C2=C(CCCC2=O)N1. The quantitative estimate of drug-likeness (QED) is 0.631. The molecule has 2 N–H and O–H groups in total. The maximum atomic E-state index is 13.2. The molecule has 0 spiro atoms. The molecular formula is C21H25IN2O2. The number of amides is 1. The molecule has 1 aliphatic carbocycles. The van der Waals surface area contributed by atoms with E-state index in [1.54, 1.807) is 0 Å². The minimum atomic E-state index is -0.125. The number of dihydropyridines is 1. The molecule has 0 saturated heterocycles. The van der Waals surface area contributed by atoms with Crippen LogP contribution in [0.5, 0.6) is 0 Å². The Labute approximate surface area is 168 Å². The highest BCUT2D eigenvalue weighted by Gasteiger charge is 2.37. The first-order chi connectivity index (χ1) is 12.4. The second-order valence-corrected chi connectivity index (χ2v) is 8.61. The normalized spacial score (nSPS) is 20.2. The van der Waals surface area contributed by atoms with Gasteiger partial charge in [-0.3, -0.25) is 9.59 Å². The Bertz CT molecular complexity index is 808. The molecule has 1 atom stereocenters. The molecule has 4 nitrogen and oxygen atoms in total. The molecule has 3 rings (SSSR count). The van der Waals surface area contributed by atoms with Crippen LogP contribution in [-0.2, 0) is 9.59 Å². The van der Waals surface area contributed by atoms with Gasteiger partial charge in [0.25, 0.3) is 5.91 Å². The van der Waals surface area contributed by atoms with Gasteiger partial charge in [-0.2, -0.15) is 0 Å². The Balaban J connectivity index is 1.96. The van der Waals surface area contributed by atoms with Crippen molar-refractivity contribution in [2.75, 3.05) is 5.32 Å². The van der Waals surface area contributed by atoms with Crippen LogP contribution in [0.25, 0.3) is 0 Å². The van der Waals surface area contributed by atoms with Gasteiger partial charge >= 0.3 is 0 Å². The molecule has 0 aromatic heterocycles. The molecule has 0 bridgehead atoms. The topological polar surface area (TPSA) is 58.2 Å². The molecule has 1 amide bonds. The first kappa shape index (κ1) is 19.1. The van der Waals surface area contributed by atoms with Crippen molar-refractivity contribution in [3.05, 3.63) is 50.4 Å². The van der Waals surface area contributed by atoms with Crippen molar-refractivity contribution in [1.29, 1.82) is 0 Å². The molecule has 1 unspecified atom stereocenters. The lowest BCUT2D eigenvalue weighted by molar-refractivity contribution is -0.116. The van der Waals surface area contributed by atoms with Crippen LogP contribution in [0.4, 0.5) is 5.69 Å².